The molecule has 0 bridgehead atoms. The van der Waals surface area contributed by atoms with Crippen molar-refractivity contribution in [1.29, 1.82) is 5.26 Å². The Labute approximate surface area is 122 Å². The third-order valence-corrected chi connectivity index (χ3v) is 2.74. The Balaban J connectivity index is 2.28. The van der Waals surface area contributed by atoms with Crippen molar-refractivity contribution in [1.82, 2.24) is 0 Å². The molecule has 0 aliphatic heterocycles. The van der Waals surface area contributed by atoms with Gasteiger partial charge in [0, 0.05) is 11.8 Å². The van der Waals surface area contributed by atoms with Crippen LogP contribution in [-0.4, -0.2) is 10.8 Å². The number of halogens is 2. The summed E-state index contributed by atoms with van der Waals surface area (Å²) < 4.78 is 26.9. The van der Waals surface area contributed by atoms with Crippen molar-refractivity contribution in [2.75, 3.05) is 5.32 Å². The summed E-state index contributed by atoms with van der Waals surface area (Å²) in [5, 5.41) is 21.5. The van der Waals surface area contributed by atoms with Crippen molar-refractivity contribution in [3.63, 3.8) is 0 Å². The van der Waals surface area contributed by atoms with Gasteiger partial charge in [-0.05, 0) is 30.3 Å². The highest BCUT2D eigenvalue weighted by Crippen LogP contribution is 2.22. The number of nitrogens with zero attached hydrogens (tertiary/aromatic N) is 2. The zero-order valence-corrected chi connectivity index (χ0v) is 10.8. The third kappa shape index (κ3) is 3.04. The third-order valence-electron chi connectivity index (χ3n) is 2.74. The summed E-state index contributed by atoms with van der Waals surface area (Å²) in [5.41, 5.74) is -1.16. The molecule has 0 spiro atoms. The molecule has 0 atom stereocenters. The molecule has 1 amide bonds. The first-order chi connectivity index (χ1) is 10.4. The number of nitro groups is 1. The Kier molecular flexibility index (Phi) is 4.08. The van der Waals surface area contributed by atoms with Crippen LogP contribution < -0.4 is 5.32 Å². The van der Waals surface area contributed by atoms with Crippen LogP contribution in [0.5, 0.6) is 0 Å². The summed E-state index contributed by atoms with van der Waals surface area (Å²) in [6, 6.07) is 7.74. The number of hydrogen-bond acceptors (Lipinski definition) is 4. The molecule has 110 valence electrons. The average molecular weight is 303 g/mol. The summed E-state index contributed by atoms with van der Waals surface area (Å²) in [5.74, 6) is -2.83. The predicted molar refractivity (Wildman–Crippen MR) is 72.1 cm³/mol. The fourth-order valence-electron chi connectivity index (χ4n) is 1.70. The smallest absolute Gasteiger partial charge is 0.306 e. The molecule has 0 heterocycles. The molecular formula is C14H7F2N3O3. The minimum atomic E-state index is -1.05. The molecule has 0 fully saturated rings. The molecule has 0 unspecified atom stereocenters. The largest absolute Gasteiger partial charge is 0.322 e. The summed E-state index contributed by atoms with van der Waals surface area (Å²) in [4.78, 5) is 21.6. The lowest BCUT2D eigenvalue weighted by atomic mass is 10.1. The van der Waals surface area contributed by atoms with E-state index in [0.29, 0.717) is 0 Å². The van der Waals surface area contributed by atoms with Gasteiger partial charge in [-0.2, -0.15) is 9.65 Å². The number of nitriles is 1. The van der Waals surface area contributed by atoms with Crippen LogP contribution in [-0.2, 0) is 0 Å². The molecule has 0 saturated carbocycles. The van der Waals surface area contributed by atoms with Crippen LogP contribution in [0.1, 0.15) is 15.9 Å². The normalized spacial score (nSPS) is 9.86. The summed E-state index contributed by atoms with van der Waals surface area (Å²) in [6.07, 6.45) is 0. The van der Waals surface area contributed by atoms with Gasteiger partial charge < -0.3 is 5.32 Å². The Morgan fingerprint density at radius 3 is 2.50 bits per heavy atom. The molecule has 0 saturated heterocycles. The van der Waals surface area contributed by atoms with Crippen LogP contribution in [0, 0.1) is 33.1 Å². The van der Waals surface area contributed by atoms with Crippen LogP contribution in [0.2, 0.25) is 0 Å². The number of carbonyl (C=O) groups is 1. The molecule has 0 aliphatic carbocycles. The molecule has 8 heteroatoms. The molecule has 2 aromatic rings. The van der Waals surface area contributed by atoms with Gasteiger partial charge in [-0.25, -0.2) is 4.39 Å². The van der Waals surface area contributed by atoms with E-state index in [2.05, 4.69) is 5.32 Å². The van der Waals surface area contributed by atoms with Gasteiger partial charge in [0.25, 0.3) is 5.91 Å². The Morgan fingerprint density at radius 2 is 1.91 bits per heavy atom. The fraction of sp³-hybridized carbons (Fsp3) is 0. The first-order valence-corrected chi connectivity index (χ1v) is 5.87. The van der Waals surface area contributed by atoms with Crippen LogP contribution in [0.15, 0.2) is 36.4 Å². The molecule has 2 rings (SSSR count). The molecule has 0 aromatic heterocycles. The number of nitrogens with one attached hydrogen (secondary N) is 1. The van der Waals surface area contributed by atoms with Crippen molar-refractivity contribution in [2.24, 2.45) is 0 Å². The van der Waals surface area contributed by atoms with E-state index < -0.39 is 28.2 Å². The average Bonchev–Trinajstić information content (AvgIpc) is 2.48. The molecule has 0 aliphatic rings. The standard InChI is InChI=1S/C14H7F2N3O3/c15-11-4-2-9(6-13(11)19(21)22)18-14(20)10-3-1-8(7-17)5-12(10)16/h1-6H,(H,18,20). The maximum absolute atomic E-state index is 13.7. The second kappa shape index (κ2) is 5.97. The van der Waals surface area contributed by atoms with E-state index in [1.54, 1.807) is 6.07 Å². The van der Waals surface area contributed by atoms with E-state index in [9.17, 15) is 23.7 Å². The summed E-state index contributed by atoms with van der Waals surface area (Å²) in [7, 11) is 0. The van der Waals surface area contributed by atoms with Gasteiger partial charge in [0.1, 0.15) is 5.82 Å². The summed E-state index contributed by atoms with van der Waals surface area (Å²) >= 11 is 0. The topological polar surface area (TPSA) is 96.0 Å². The number of carbonyl (C=O) groups excluding carboxylic acids is 1. The molecule has 1 N–H and O–H groups in total. The number of anilines is 1. The molecule has 2 aromatic carbocycles. The first-order valence-electron chi connectivity index (χ1n) is 5.87. The van der Waals surface area contributed by atoms with Crippen LogP contribution in [0.25, 0.3) is 0 Å². The van der Waals surface area contributed by atoms with Gasteiger partial charge in [-0.15, -0.1) is 0 Å². The van der Waals surface area contributed by atoms with Crippen molar-refractivity contribution in [3.8, 4) is 6.07 Å². The lowest BCUT2D eigenvalue weighted by Crippen LogP contribution is -2.14. The Morgan fingerprint density at radius 1 is 1.18 bits per heavy atom. The van der Waals surface area contributed by atoms with Gasteiger partial charge in [-0.3, -0.25) is 14.9 Å². The second-order valence-electron chi connectivity index (χ2n) is 4.18. The van der Waals surface area contributed by atoms with Crippen molar-refractivity contribution < 1.29 is 18.5 Å². The van der Waals surface area contributed by atoms with Gasteiger partial charge in [-0.1, -0.05) is 0 Å². The summed E-state index contributed by atoms with van der Waals surface area (Å²) in [6.45, 7) is 0. The first kappa shape index (κ1) is 15.1. The van der Waals surface area contributed by atoms with Gasteiger partial charge in [0.05, 0.1) is 22.1 Å². The molecule has 22 heavy (non-hydrogen) atoms. The van der Waals surface area contributed by atoms with Crippen LogP contribution in [0.4, 0.5) is 20.2 Å². The quantitative estimate of drug-likeness (QED) is 0.696. The zero-order chi connectivity index (χ0) is 16.3. The van der Waals surface area contributed by atoms with Crippen LogP contribution >= 0.6 is 0 Å². The fourth-order valence-corrected chi connectivity index (χ4v) is 1.70. The van der Waals surface area contributed by atoms with E-state index in [1.807, 2.05) is 0 Å². The van der Waals surface area contributed by atoms with Crippen molar-refractivity contribution in [3.05, 3.63) is 69.3 Å². The highest BCUT2D eigenvalue weighted by molar-refractivity contribution is 6.04. The lowest BCUT2D eigenvalue weighted by molar-refractivity contribution is -0.387. The van der Waals surface area contributed by atoms with E-state index in [-0.39, 0.29) is 16.8 Å². The zero-order valence-electron chi connectivity index (χ0n) is 10.8. The number of rotatable bonds is 3. The molecular weight excluding hydrogens is 296 g/mol. The van der Waals surface area contributed by atoms with Gasteiger partial charge in [0.2, 0.25) is 5.82 Å². The van der Waals surface area contributed by atoms with Gasteiger partial charge in [0.15, 0.2) is 0 Å². The van der Waals surface area contributed by atoms with Crippen LogP contribution in [0.3, 0.4) is 0 Å². The Hall–Kier alpha value is -3.34. The van der Waals surface area contributed by atoms with Gasteiger partial charge >= 0.3 is 5.69 Å². The van der Waals surface area contributed by atoms with Crippen molar-refractivity contribution in [2.45, 2.75) is 0 Å². The molecule has 0 radical (unpaired) electrons. The number of nitro benzene ring substituents is 1. The maximum atomic E-state index is 13.7. The second-order valence-corrected chi connectivity index (χ2v) is 4.18. The highest BCUT2D eigenvalue weighted by Gasteiger charge is 2.17. The molecule has 6 nitrogen and oxygen atoms in total. The highest BCUT2D eigenvalue weighted by atomic mass is 19.1. The van der Waals surface area contributed by atoms with E-state index in [0.717, 1.165) is 30.3 Å². The number of hydrogen-bond donors (Lipinski definition) is 1. The van der Waals surface area contributed by atoms with E-state index in [1.165, 1.54) is 6.07 Å². The predicted octanol–water partition coefficient (Wildman–Crippen LogP) is 3.00. The van der Waals surface area contributed by atoms with Crippen molar-refractivity contribution >= 4 is 17.3 Å². The monoisotopic (exact) mass is 303 g/mol. The maximum Gasteiger partial charge on any atom is 0.306 e. The van der Waals surface area contributed by atoms with E-state index >= 15 is 0 Å². The van der Waals surface area contributed by atoms with E-state index in [4.69, 9.17) is 5.26 Å². The lowest BCUT2D eigenvalue weighted by Gasteiger charge is -2.06. The SMILES string of the molecule is N#Cc1ccc(C(=O)Nc2ccc(F)c([N+](=O)[O-])c2)c(F)c1. The number of amides is 1. The Bertz CT molecular complexity index is 815. The minimum absolute atomic E-state index is 0.0477. The minimum Gasteiger partial charge on any atom is -0.322 e. The number of benzene rings is 2.